The lowest BCUT2D eigenvalue weighted by Gasteiger charge is -2.11. The Bertz CT molecular complexity index is 454. The van der Waals surface area contributed by atoms with Gasteiger partial charge in [-0.15, -0.1) is 0 Å². The van der Waals surface area contributed by atoms with Crippen molar-refractivity contribution in [1.29, 1.82) is 0 Å². The molecule has 1 aromatic heterocycles. The molecule has 0 radical (unpaired) electrons. The molecule has 17 heavy (non-hydrogen) atoms. The van der Waals surface area contributed by atoms with Crippen molar-refractivity contribution in [2.24, 2.45) is 0 Å². The second-order valence-corrected chi connectivity index (χ2v) is 3.73. The fourth-order valence-corrected chi connectivity index (χ4v) is 1.56. The molecule has 4 nitrogen and oxygen atoms in total. The van der Waals surface area contributed by atoms with Crippen LogP contribution in [0.15, 0.2) is 42.6 Å². The average molecular weight is 232 g/mol. The highest BCUT2D eigenvalue weighted by atomic mass is 16.5. The van der Waals surface area contributed by atoms with Crippen molar-refractivity contribution < 1.29 is 9.84 Å². The van der Waals surface area contributed by atoms with E-state index in [4.69, 9.17) is 4.74 Å². The summed E-state index contributed by atoms with van der Waals surface area (Å²) in [6, 6.07) is 11.3. The predicted octanol–water partition coefficient (Wildman–Crippen LogP) is 2.17. The van der Waals surface area contributed by atoms with E-state index in [2.05, 4.69) is 10.3 Å². The Balaban J connectivity index is 1.93. The lowest BCUT2D eigenvalue weighted by molar-refractivity contribution is 0.105. The van der Waals surface area contributed by atoms with Crippen molar-refractivity contribution in [3.8, 4) is 5.75 Å². The standard InChI is InChI=1S/C13H16N2O2/c1-14-10-4-2-5-11(8-10)17-9-13(16)12-6-3-7-15-12/h2-8,13-16H,9H2,1H3. The van der Waals surface area contributed by atoms with Gasteiger partial charge < -0.3 is 20.1 Å². The lowest BCUT2D eigenvalue weighted by Crippen LogP contribution is -2.10. The molecule has 1 atom stereocenters. The number of benzene rings is 1. The molecule has 3 N–H and O–H groups in total. The van der Waals surface area contributed by atoms with Crippen LogP contribution in [0.4, 0.5) is 5.69 Å². The van der Waals surface area contributed by atoms with Crippen LogP contribution >= 0.6 is 0 Å². The quantitative estimate of drug-likeness (QED) is 0.740. The first-order valence-electron chi connectivity index (χ1n) is 5.51. The maximum absolute atomic E-state index is 9.83. The van der Waals surface area contributed by atoms with Gasteiger partial charge >= 0.3 is 0 Å². The van der Waals surface area contributed by atoms with Crippen LogP contribution in [-0.2, 0) is 0 Å². The van der Waals surface area contributed by atoms with E-state index in [1.165, 1.54) is 0 Å². The number of nitrogens with one attached hydrogen (secondary N) is 2. The topological polar surface area (TPSA) is 57.3 Å². The van der Waals surface area contributed by atoms with Crippen LogP contribution in [0.2, 0.25) is 0 Å². The Morgan fingerprint density at radius 2 is 2.24 bits per heavy atom. The van der Waals surface area contributed by atoms with Crippen LogP contribution < -0.4 is 10.1 Å². The van der Waals surface area contributed by atoms with Crippen molar-refractivity contribution in [1.82, 2.24) is 4.98 Å². The highest BCUT2D eigenvalue weighted by Gasteiger charge is 2.08. The van der Waals surface area contributed by atoms with Gasteiger partial charge in [-0.1, -0.05) is 6.07 Å². The third-order valence-electron chi connectivity index (χ3n) is 2.51. The Morgan fingerprint density at radius 1 is 1.35 bits per heavy atom. The molecule has 0 bridgehead atoms. The number of aromatic nitrogens is 1. The molecule has 0 fully saturated rings. The summed E-state index contributed by atoms with van der Waals surface area (Å²) in [5.41, 5.74) is 1.74. The minimum atomic E-state index is -0.636. The Labute approximate surface area is 100 Å². The monoisotopic (exact) mass is 232 g/mol. The van der Waals surface area contributed by atoms with Gasteiger partial charge in [0.1, 0.15) is 18.5 Å². The van der Waals surface area contributed by atoms with Gasteiger partial charge in [0.05, 0.1) is 0 Å². The molecule has 1 heterocycles. The van der Waals surface area contributed by atoms with E-state index in [9.17, 15) is 5.11 Å². The highest BCUT2D eigenvalue weighted by molar-refractivity contribution is 5.47. The van der Waals surface area contributed by atoms with Crippen LogP contribution in [0.5, 0.6) is 5.75 Å². The van der Waals surface area contributed by atoms with E-state index in [0.717, 1.165) is 17.1 Å². The summed E-state index contributed by atoms with van der Waals surface area (Å²) in [5.74, 6) is 0.738. The summed E-state index contributed by atoms with van der Waals surface area (Å²) in [7, 11) is 1.85. The van der Waals surface area contributed by atoms with Crippen LogP contribution in [-0.4, -0.2) is 23.7 Å². The molecule has 4 heteroatoms. The lowest BCUT2D eigenvalue weighted by atomic mass is 10.2. The van der Waals surface area contributed by atoms with Crippen LogP contribution in [0.1, 0.15) is 11.8 Å². The Kier molecular flexibility index (Phi) is 3.67. The molecule has 0 amide bonds. The highest BCUT2D eigenvalue weighted by Crippen LogP contribution is 2.18. The van der Waals surface area contributed by atoms with Crippen molar-refractivity contribution >= 4 is 5.69 Å². The van der Waals surface area contributed by atoms with Crippen LogP contribution in [0.3, 0.4) is 0 Å². The fourth-order valence-electron chi connectivity index (χ4n) is 1.56. The van der Waals surface area contributed by atoms with E-state index in [0.29, 0.717) is 0 Å². The van der Waals surface area contributed by atoms with Gasteiger partial charge in [-0.3, -0.25) is 0 Å². The normalized spacial score (nSPS) is 12.1. The zero-order valence-electron chi connectivity index (χ0n) is 9.68. The maximum atomic E-state index is 9.83. The van der Waals surface area contributed by atoms with Crippen LogP contribution in [0.25, 0.3) is 0 Å². The van der Waals surface area contributed by atoms with E-state index >= 15 is 0 Å². The number of hydrogen-bond acceptors (Lipinski definition) is 3. The predicted molar refractivity (Wildman–Crippen MR) is 67.2 cm³/mol. The number of anilines is 1. The van der Waals surface area contributed by atoms with Gasteiger partial charge in [0, 0.05) is 30.7 Å². The SMILES string of the molecule is CNc1cccc(OCC(O)c2ccc[nH]2)c1. The molecular formula is C13H16N2O2. The third kappa shape index (κ3) is 3.01. The molecule has 0 spiro atoms. The first-order chi connectivity index (χ1) is 8.29. The van der Waals surface area contributed by atoms with Crippen molar-refractivity contribution in [3.05, 3.63) is 48.3 Å². The summed E-state index contributed by atoms with van der Waals surface area (Å²) < 4.78 is 5.52. The molecule has 0 aliphatic heterocycles. The number of aliphatic hydroxyl groups is 1. The number of aliphatic hydroxyl groups excluding tert-OH is 1. The van der Waals surface area contributed by atoms with Gasteiger partial charge in [-0.25, -0.2) is 0 Å². The third-order valence-corrected chi connectivity index (χ3v) is 2.51. The molecule has 0 aliphatic rings. The number of H-pyrrole nitrogens is 1. The van der Waals surface area contributed by atoms with Gasteiger partial charge in [-0.05, 0) is 24.3 Å². The molecule has 1 unspecified atom stereocenters. The Morgan fingerprint density at radius 3 is 2.94 bits per heavy atom. The largest absolute Gasteiger partial charge is 0.490 e. The summed E-state index contributed by atoms with van der Waals surface area (Å²) in [5, 5.41) is 12.9. The molecule has 2 aromatic rings. The van der Waals surface area contributed by atoms with Crippen LogP contribution in [0, 0.1) is 0 Å². The summed E-state index contributed by atoms with van der Waals surface area (Å²) in [6.07, 6.45) is 1.14. The number of rotatable bonds is 5. The second kappa shape index (κ2) is 5.41. The van der Waals surface area contributed by atoms with E-state index < -0.39 is 6.10 Å². The summed E-state index contributed by atoms with van der Waals surface area (Å²) in [6.45, 7) is 0.230. The van der Waals surface area contributed by atoms with Gasteiger partial charge in [0.2, 0.25) is 0 Å². The molecule has 1 aromatic carbocycles. The summed E-state index contributed by atoms with van der Waals surface area (Å²) >= 11 is 0. The number of ether oxygens (including phenoxy) is 1. The number of hydrogen-bond donors (Lipinski definition) is 3. The second-order valence-electron chi connectivity index (χ2n) is 3.73. The summed E-state index contributed by atoms with van der Waals surface area (Å²) in [4.78, 5) is 2.95. The minimum Gasteiger partial charge on any atom is -0.490 e. The van der Waals surface area contributed by atoms with E-state index in [1.807, 2.05) is 43.4 Å². The molecule has 0 saturated carbocycles. The van der Waals surface area contributed by atoms with Crippen molar-refractivity contribution in [2.45, 2.75) is 6.10 Å². The molecule has 0 saturated heterocycles. The fraction of sp³-hybridized carbons (Fsp3) is 0.231. The molecule has 90 valence electrons. The van der Waals surface area contributed by atoms with Crippen molar-refractivity contribution in [3.63, 3.8) is 0 Å². The first-order valence-corrected chi connectivity index (χ1v) is 5.51. The van der Waals surface area contributed by atoms with Crippen molar-refractivity contribution in [2.75, 3.05) is 19.0 Å². The van der Waals surface area contributed by atoms with E-state index in [-0.39, 0.29) is 6.61 Å². The smallest absolute Gasteiger partial charge is 0.128 e. The first kappa shape index (κ1) is 11.5. The van der Waals surface area contributed by atoms with Gasteiger partial charge in [0.25, 0.3) is 0 Å². The number of aromatic amines is 1. The molecule has 0 aliphatic carbocycles. The zero-order chi connectivity index (χ0) is 12.1. The maximum Gasteiger partial charge on any atom is 0.128 e. The minimum absolute atomic E-state index is 0.230. The average Bonchev–Trinajstić information content (AvgIpc) is 2.90. The Hall–Kier alpha value is -1.94. The zero-order valence-corrected chi connectivity index (χ0v) is 9.68. The van der Waals surface area contributed by atoms with Gasteiger partial charge in [0.15, 0.2) is 0 Å². The molecule has 2 rings (SSSR count). The van der Waals surface area contributed by atoms with E-state index in [1.54, 1.807) is 6.20 Å². The van der Waals surface area contributed by atoms with Gasteiger partial charge in [-0.2, -0.15) is 0 Å². The molecular weight excluding hydrogens is 216 g/mol.